The van der Waals surface area contributed by atoms with Gasteiger partial charge in [-0.25, -0.2) is 0 Å². The van der Waals surface area contributed by atoms with Gasteiger partial charge in [-0.1, -0.05) is 41.9 Å². The van der Waals surface area contributed by atoms with Gasteiger partial charge in [-0.3, -0.25) is 0 Å². The molecule has 0 spiro atoms. The maximum atomic E-state index is 11.1. The Morgan fingerprint density at radius 2 is 1.80 bits per heavy atom. The first-order valence-electron chi connectivity index (χ1n) is 5.13. The number of halogens is 1. The zero-order chi connectivity index (χ0) is 11.5. The van der Waals surface area contributed by atoms with E-state index in [2.05, 4.69) is 41.9 Å². The molecule has 0 fully saturated rings. The van der Waals surface area contributed by atoms with E-state index < -0.39 is 0 Å². The molecule has 82 valence electrons. The van der Waals surface area contributed by atoms with Gasteiger partial charge in [-0.15, -0.1) is 0 Å². The van der Waals surface area contributed by atoms with Gasteiger partial charge < -0.3 is 4.79 Å². The highest BCUT2D eigenvalue weighted by Crippen LogP contribution is 2.26. The summed E-state index contributed by atoms with van der Waals surface area (Å²) in [6, 6.07) is 8.29. The summed E-state index contributed by atoms with van der Waals surface area (Å²) in [4.78, 5) is 11.1. The third kappa shape index (κ3) is 4.61. The second-order valence-corrected chi connectivity index (χ2v) is 5.76. The van der Waals surface area contributed by atoms with Crippen LogP contribution in [0.4, 0.5) is 0 Å². The van der Waals surface area contributed by atoms with Gasteiger partial charge in [-0.2, -0.15) is 0 Å². The number of rotatable bonds is 4. The molecule has 0 aliphatic carbocycles. The van der Waals surface area contributed by atoms with Gasteiger partial charge >= 0.3 is 0 Å². The van der Waals surface area contributed by atoms with Crippen molar-refractivity contribution in [1.29, 1.82) is 0 Å². The summed E-state index contributed by atoms with van der Waals surface area (Å²) in [6.07, 6.45) is 1.59. The summed E-state index contributed by atoms with van der Waals surface area (Å²) in [5.41, 5.74) is 1.34. The van der Waals surface area contributed by atoms with Crippen LogP contribution < -0.4 is 0 Å². The third-order valence-corrected chi connectivity index (χ3v) is 2.85. The minimum absolute atomic E-state index is 0.0552. The maximum absolute atomic E-state index is 11.1. The van der Waals surface area contributed by atoms with E-state index in [9.17, 15) is 4.79 Å². The zero-order valence-electron chi connectivity index (χ0n) is 9.51. The SMILES string of the molecule is CC(=O)CC(C)(C)Cc1ccc(Br)cc1. The molecular formula is C13H17BrO. The van der Waals surface area contributed by atoms with Crippen LogP contribution >= 0.6 is 15.9 Å². The van der Waals surface area contributed by atoms with Gasteiger partial charge in [0, 0.05) is 10.9 Å². The number of carbonyl (C=O) groups is 1. The molecular weight excluding hydrogens is 252 g/mol. The molecule has 1 nitrogen and oxygen atoms in total. The van der Waals surface area contributed by atoms with Crippen LogP contribution in [0.2, 0.25) is 0 Å². The average Bonchev–Trinajstić information content (AvgIpc) is 2.06. The molecule has 1 aromatic rings. The van der Waals surface area contributed by atoms with E-state index in [1.54, 1.807) is 6.92 Å². The van der Waals surface area contributed by atoms with E-state index in [4.69, 9.17) is 0 Å². The van der Waals surface area contributed by atoms with E-state index in [1.807, 2.05) is 12.1 Å². The van der Waals surface area contributed by atoms with Crippen LogP contribution in [0.15, 0.2) is 28.7 Å². The third-order valence-electron chi connectivity index (χ3n) is 2.32. The van der Waals surface area contributed by atoms with Crippen LogP contribution in [0.25, 0.3) is 0 Å². The summed E-state index contributed by atoms with van der Waals surface area (Å²) in [7, 11) is 0. The minimum Gasteiger partial charge on any atom is -0.300 e. The molecule has 0 bridgehead atoms. The molecule has 0 saturated heterocycles. The fraction of sp³-hybridized carbons (Fsp3) is 0.462. The van der Waals surface area contributed by atoms with E-state index in [-0.39, 0.29) is 11.2 Å². The predicted molar refractivity (Wildman–Crippen MR) is 66.9 cm³/mol. The standard InChI is InChI=1S/C13H17BrO/c1-10(15)8-13(2,3)9-11-4-6-12(14)7-5-11/h4-7H,8-9H2,1-3H3. The van der Waals surface area contributed by atoms with E-state index in [1.165, 1.54) is 5.56 Å². The lowest BCUT2D eigenvalue weighted by Gasteiger charge is -2.23. The van der Waals surface area contributed by atoms with Crippen LogP contribution in [-0.4, -0.2) is 5.78 Å². The van der Waals surface area contributed by atoms with Gasteiger partial charge in [0.1, 0.15) is 5.78 Å². The van der Waals surface area contributed by atoms with Crippen molar-refractivity contribution in [3.63, 3.8) is 0 Å². The Labute approximate surface area is 100 Å². The van der Waals surface area contributed by atoms with E-state index in [0.717, 1.165) is 10.9 Å². The van der Waals surface area contributed by atoms with Gasteiger partial charge in [-0.05, 0) is 36.5 Å². The number of ketones is 1. The Bertz CT molecular complexity index is 338. The number of hydrogen-bond acceptors (Lipinski definition) is 1. The van der Waals surface area contributed by atoms with Crippen LogP contribution in [0.5, 0.6) is 0 Å². The number of benzene rings is 1. The Balaban J connectivity index is 2.68. The van der Waals surface area contributed by atoms with Crippen molar-refractivity contribution in [2.24, 2.45) is 5.41 Å². The van der Waals surface area contributed by atoms with Crippen molar-refractivity contribution in [3.8, 4) is 0 Å². The van der Waals surface area contributed by atoms with Gasteiger partial charge in [0.25, 0.3) is 0 Å². The molecule has 15 heavy (non-hydrogen) atoms. The molecule has 1 aromatic carbocycles. The number of hydrogen-bond donors (Lipinski definition) is 0. The lowest BCUT2D eigenvalue weighted by atomic mass is 9.81. The fourth-order valence-corrected chi connectivity index (χ4v) is 2.16. The first-order valence-corrected chi connectivity index (χ1v) is 5.92. The topological polar surface area (TPSA) is 17.1 Å². The van der Waals surface area contributed by atoms with Gasteiger partial charge in [0.2, 0.25) is 0 Å². The fourth-order valence-electron chi connectivity index (χ4n) is 1.89. The van der Waals surface area contributed by atoms with Crippen molar-refractivity contribution in [2.45, 2.75) is 33.6 Å². The monoisotopic (exact) mass is 268 g/mol. The maximum Gasteiger partial charge on any atom is 0.130 e. The quantitative estimate of drug-likeness (QED) is 0.807. The normalized spacial score (nSPS) is 11.5. The molecule has 0 N–H and O–H groups in total. The Morgan fingerprint density at radius 3 is 2.27 bits per heavy atom. The highest BCUT2D eigenvalue weighted by Gasteiger charge is 2.20. The summed E-state index contributed by atoms with van der Waals surface area (Å²) in [5, 5.41) is 0. The molecule has 0 radical (unpaired) electrons. The summed E-state index contributed by atoms with van der Waals surface area (Å²) < 4.78 is 1.09. The number of carbonyl (C=O) groups excluding carboxylic acids is 1. The Kier molecular flexibility index (Phi) is 4.09. The molecule has 0 amide bonds. The molecule has 0 atom stereocenters. The number of Topliss-reactive ketones (excluding diaryl/α,β-unsaturated/α-hetero) is 1. The first kappa shape index (κ1) is 12.4. The summed E-state index contributed by atoms with van der Waals surface area (Å²) in [6.45, 7) is 5.93. The van der Waals surface area contributed by atoms with Crippen LogP contribution in [-0.2, 0) is 11.2 Å². The Hall–Kier alpha value is -0.630. The van der Waals surface area contributed by atoms with Gasteiger partial charge in [0.05, 0.1) is 0 Å². The Morgan fingerprint density at radius 1 is 1.27 bits per heavy atom. The molecule has 0 aromatic heterocycles. The summed E-state index contributed by atoms with van der Waals surface area (Å²) in [5.74, 6) is 0.261. The van der Waals surface area contributed by atoms with Crippen LogP contribution in [0, 0.1) is 5.41 Å². The predicted octanol–water partition coefficient (Wildman–Crippen LogP) is 4.00. The molecule has 0 aliphatic rings. The second-order valence-electron chi connectivity index (χ2n) is 4.85. The summed E-state index contributed by atoms with van der Waals surface area (Å²) >= 11 is 3.41. The highest BCUT2D eigenvalue weighted by atomic mass is 79.9. The largest absolute Gasteiger partial charge is 0.300 e. The second kappa shape index (κ2) is 4.93. The first-order chi connectivity index (χ1) is 6.89. The smallest absolute Gasteiger partial charge is 0.130 e. The van der Waals surface area contributed by atoms with Crippen LogP contribution in [0.3, 0.4) is 0 Å². The molecule has 1 rings (SSSR count). The van der Waals surface area contributed by atoms with Crippen molar-refractivity contribution < 1.29 is 4.79 Å². The molecule has 0 saturated carbocycles. The lowest BCUT2D eigenvalue weighted by Crippen LogP contribution is -2.18. The van der Waals surface area contributed by atoms with E-state index >= 15 is 0 Å². The lowest BCUT2D eigenvalue weighted by molar-refractivity contribution is -0.118. The molecule has 0 unspecified atom stereocenters. The molecule has 0 heterocycles. The van der Waals surface area contributed by atoms with Crippen molar-refractivity contribution >= 4 is 21.7 Å². The molecule has 0 aliphatic heterocycles. The van der Waals surface area contributed by atoms with Crippen molar-refractivity contribution in [3.05, 3.63) is 34.3 Å². The minimum atomic E-state index is 0.0552. The highest BCUT2D eigenvalue weighted by molar-refractivity contribution is 9.10. The van der Waals surface area contributed by atoms with Crippen molar-refractivity contribution in [1.82, 2.24) is 0 Å². The average molecular weight is 269 g/mol. The van der Waals surface area contributed by atoms with E-state index in [0.29, 0.717) is 6.42 Å². The molecule has 2 heteroatoms. The van der Waals surface area contributed by atoms with Crippen LogP contribution in [0.1, 0.15) is 32.8 Å². The zero-order valence-corrected chi connectivity index (χ0v) is 11.1. The van der Waals surface area contributed by atoms with Gasteiger partial charge in [0.15, 0.2) is 0 Å². The van der Waals surface area contributed by atoms with Crippen molar-refractivity contribution in [2.75, 3.05) is 0 Å².